The lowest BCUT2D eigenvalue weighted by Crippen LogP contribution is -2.19. The van der Waals surface area contributed by atoms with E-state index in [1.165, 1.54) is 12.7 Å². The van der Waals surface area contributed by atoms with E-state index in [0.717, 1.165) is 5.56 Å². The summed E-state index contributed by atoms with van der Waals surface area (Å²) >= 11 is 0. The largest absolute Gasteiger partial charge is 0.469 e. The summed E-state index contributed by atoms with van der Waals surface area (Å²) in [5, 5.41) is 1.63. The predicted molar refractivity (Wildman–Crippen MR) is 66.8 cm³/mol. The van der Waals surface area contributed by atoms with E-state index in [1.54, 1.807) is 12.1 Å². The van der Waals surface area contributed by atoms with Crippen molar-refractivity contribution in [3.05, 3.63) is 35.4 Å². The molecule has 0 radical (unpaired) electrons. The fourth-order valence-corrected chi connectivity index (χ4v) is 1.75. The molecule has 1 atom stereocenters. The first-order valence-corrected chi connectivity index (χ1v) is 5.71. The maximum absolute atomic E-state index is 11.2. The Labute approximate surface area is 106 Å². The van der Waals surface area contributed by atoms with Crippen LogP contribution < -0.4 is 0 Å². The van der Waals surface area contributed by atoms with Crippen LogP contribution in [0.25, 0.3) is 0 Å². The Hall–Kier alpha value is -1.88. The Balaban J connectivity index is 2.13. The highest BCUT2D eigenvalue weighted by atomic mass is 16.7. The van der Waals surface area contributed by atoms with Crippen LogP contribution in [0.4, 0.5) is 0 Å². The summed E-state index contributed by atoms with van der Waals surface area (Å²) in [7, 11) is 3.14. The molecule has 1 aromatic rings. The van der Waals surface area contributed by atoms with Gasteiger partial charge in [-0.3, -0.25) is 4.79 Å². The minimum atomic E-state index is -0.355. The quantitative estimate of drug-likeness (QED) is 0.766. The number of carbonyl (C=O) groups excluding carboxylic acids is 1. The van der Waals surface area contributed by atoms with Crippen molar-refractivity contribution in [1.29, 1.82) is 0 Å². The molecule has 18 heavy (non-hydrogen) atoms. The second-order valence-corrected chi connectivity index (χ2v) is 4.20. The first-order valence-electron chi connectivity index (χ1n) is 5.71. The zero-order valence-electron chi connectivity index (χ0n) is 10.7. The molecule has 0 saturated carbocycles. The van der Waals surface area contributed by atoms with Crippen molar-refractivity contribution in [2.75, 3.05) is 14.2 Å². The molecule has 0 bridgehead atoms. The molecule has 1 aliphatic rings. The molecular formula is C13H16N2O3. The molecule has 0 aliphatic carbocycles. The minimum Gasteiger partial charge on any atom is -0.469 e. The van der Waals surface area contributed by atoms with Gasteiger partial charge in [0.05, 0.1) is 7.11 Å². The molecule has 0 spiro atoms. The first kappa shape index (κ1) is 12.6. The number of methoxy groups -OCH3 is 1. The number of hydrogen-bond donors (Lipinski definition) is 0. The highest BCUT2D eigenvalue weighted by Gasteiger charge is 2.27. The lowest BCUT2D eigenvalue weighted by molar-refractivity contribution is -0.140. The Morgan fingerprint density at radius 1 is 1.44 bits per heavy atom. The highest BCUT2D eigenvalue weighted by molar-refractivity contribution is 5.94. The molecule has 0 aromatic heterocycles. The molecule has 5 heteroatoms. The minimum absolute atomic E-state index is 0.0587. The number of esters is 1. The molecule has 1 heterocycles. The third-order valence-electron chi connectivity index (χ3n) is 2.76. The number of benzene rings is 1. The van der Waals surface area contributed by atoms with E-state index in [-0.39, 0.29) is 18.6 Å². The Kier molecular flexibility index (Phi) is 3.62. The van der Waals surface area contributed by atoms with Crippen LogP contribution in [-0.2, 0) is 14.4 Å². The van der Waals surface area contributed by atoms with Gasteiger partial charge in [0.15, 0.2) is 6.17 Å². The van der Waals surface area contributed by atoms with Crippen LogP contribution in [0.5, 0.6) is 0 Å². The van der Waals surface area contributed by atoms with E-state index in [1.807, 2.05) is 31.2 Å². The van der Waals surface area contributed by atoms with Crippen molar-refractivity contribution >= 4 is 11.9 Å². The van der Waals surface area contributed by atoms with E-state index >= 15 is 0 Å². The number of ether oxygens (including phenoxy) is 1. The number of carbonyl (C=O) groups is 1. The van der Waals surface area contributed by atoms with Crippen LogP contribution in [0, 0.1) is 6.92 Å². The monoisotopic (exact) mass is 248 g/mol. The summed E-state index contributed by atoms with van der Waals surface area (Å²) in [6.07, 6.45) is -0.145. The molecule has 0 amide bonds. The Morgan fingerprint density at radius 2 is 2.11 bits per heavy atom. The molecule has 2 rings (SSSR count). The van der Waals surface area contributed by atoms with E-state index < -0.39 is 0 Å². The summed E-state index contributed by atoms with van der Waals surface area (Å²) < 4.78 is 4.59. The topological polar surface area (TPSA) is 51.1 Å². The van der Waals surface area contributed by atoms with Crippen LogP contribution in [0.1, 0.15) is 23.7 Å². The van der Waals surface area contributed by atoms with Crippen molar-refractivity contribution in [1.82, 2.24) is 5.06 Å². The smallest absolute Gasteiger partial charge is 0.315 e. The summed E-state index contributed by atoms with van der Waals surface area (Å²) in [6.45, 7) is 2.03. The van der Waals surface area contributed by atoms with Crippen LogP contribution in [-0.4, -0.2) is 31.1 Å². The predicted octanol–water partition coefficient (Wildman–Crippen LogP) is 1.83. The Bertz CT molecular complexity index is 468. The summed E-state index contributed by atoms with van der Waals surface area (Å²) in [4.78, 5) is 21.0. The molecule has 1 unspecified atom stereocenters. The van der Waals surface area contributed by atoms with Crippen molar-refractivity contribution in [2.45, 2.75) is 19.5 Å². The molecule has 1 aliphatic heterocycles. The van der Waals surface area contributed by atoms with Crippen LogP contribution in [0.2, 0.25) is 0 Å². The molecule has 96 valence electrons. The number of aryl methyl sites for hydroxylation is 1. The fraction of sp³-hybridized carbons (Fsp3) is 0.385. The third-order valence-corrected chi connectivity index (χ3v) is 2.76. The van der Waals surface area contributed by atoms with Gasteiger partial charge in [0.25, 0.3) is 0 Å². The summed E-state index contributed by atoms with van der Waals surface area (Å²) in [5.41, 5.74) is 2.22. The van der Waals surface area contributed by atoms with Crippen molar-refractivity contribution in [3.8, 4) is 0 Å². The van der Waals surface area contributed by atoms with Crippen molar-refractivity contribution < 1.29 is 14.4 Å². The van der Waals surface area contributed by atoms with Gasteiger partial charge in [-0.05, 0) is 12.5 Å². The molecule has 1 aromatic carbocycles. The van der Waals surface area contributed by atoms with Gasteiger partial charge in [0.1, 0.15) is 6.42 Å². The van der Waals surface area contributed by atoms with Gasteiger partial charge in [0.2, 0.25) is 5.90 Å². The van der Waals surface area contributed by atoms with Gasteiger partial charge in [-0.25, -0.2) is 4.99 Å². The zero-order valence-corrected chi connectivity index (χ0v) is 10.7. The SMILES string of the molecule is COC(=O)CC1=NC(c2ccc(C)cc2)N(C)O1. The van der Waals surface area contributed by atoms with Crippen LogP contribution >= 0.6 is 0 Å². The van der Waals surface area contributed by atoms with Gasteiger partial charge in [-0.2, -0.15) is 0 Å². The van der Waals surface area contributed by atoms with Gasteiger partial charge in [-0.1, -0.05) is 29.8 Å². The molecular weight excluding hydrogens is 232 g/mol. The van der Waals surface area contributed by atoms with Gasteiger partial charge >= 0.3 is 5.97 Å². The van der Waals surface area contributed by atoms with E-state index in [4.69, 9.17) is 4.84 Å². The maximum atomic E-state index is 11.2. The normalized spacial score (nSPS) is 19.3. The Morgan fingerprint density at radius 3 is 2.72 bits per heavy atom. The van der Waals surface area contributed by atoms with Crippen molar-refractivity contribution in [2.24, 2.45) is 4.99 Å². The second kappa shape index (κ2) is 5.18. The number of rotatable bonds is 3. The van der Waals surface area contributed by atoms with Gasteiger partial charge in [-0.15, -0.1) is 5.06 Å². The van der Waals surface area contributed by atoms with Crippen LogP contribution in [0.15, 0.2) is 29.3 Å². The highest BCUT2D eigenvalue weighted by Crippen LogP contribution is 2.27. The average molecular weight is 248 g/mol. The molecule has 0 fully saturated rings. The lowest BCUT2D eigenvalue weighted by Gasteiger charge is -2.16. The zero-order chi connectivity index (χ0) is 13.1. The standard InChI is InChI=1S/C13H16N2O3/c1-9-4-6-10(7-5-9)13-14-11(18-15(13)2)8-12(16)17-3/h4-7,13H,8H2,1-3H3. The van der Waals surface area contributed by atoms with Crippen LogP contribution in [0.3, 0.4) is 0 Å². The fourth-order valence-electron chi connectivity index (χ4n) is 1.75. The number of hydroxylamine groups is 2. The van der Waals surface area contributed by atoms with Gasteiger partial charge in [0, 0.05) is 7.05 Å². The van der Waals surface area contributed by atoms with E-state index in [2.05, 4.69) is 9.73 Å². The first-order chi connectivity index (χ1) is 8.60. The summed E-state index contributed by atoms with van der Waals surface area (Å²) in [5.74, 6) is 0.0293. The number of nitrogens with zero attached hydrogens (tertiary/aromatic N) is 2. The summed E-state index contributed by atoms with van der Waals surface area (Å²) in [6, 6.07) is 8.06. The second-order valence-electron chi connectivity index (χ2n) is 4.20. The third kappa shape index (κ3) is 2.68. The van der Waals surface area contributed by atoms with E-state index in [0.29, 0.717) is 5.90 Å². The number of aliphatic imine (C=N–C) groups is 1. The van der Waals surface area contributed by atoms with E-state index in [9.17, 15) is 4.79 Å². The molecule has 5 nitrogen and oxygen atoms in total. The molecule has 0 N–H and O–H groups in total. The number of hydrogen-bond acceptors (Lipinski definition) is 5. The van der Waals surface area contributed by atoms with Crippen molar-refractivity contribution in [3.63, 3.8) is 0 Å². The molecule has 0 saturated heterocycles. The maximum Gasteiger partial charge on any atom is 0.315 e. The lowest BCUT2D eigenvalue weighted by atomic mass is 10.1. The van der Waals surface area contributed by atoms with Gasteiger partial charge < -0.3 is 9.57 Å². The average Bonchev–Trinajstić information content (AvgIpc) is 2.71.